The summed E-state index contributed by atoms with van der Waals surface area (Å²) in [6.45, 7) is 2.63. The molecule has 0 bridgehead atoms. The minimum Gasteiger partial charge on any atom is -0.220 e. The van der Waals surface area contributed by atoms with Crippen LogP contribution in [0.2, 0.25) is 0 Å². The second kappa shape index (κ2) is 3.55. The largest absolute Gasteiger partial charge is 0.220 e. The highest BCUT2D eigenvalue weighted by atomic mass is 15.7. The third kappa shape index (κ3) is 2.11. The van der Waals surface area contributed by atoms with Gasteiger partial charge in [-0.2, -0.15) is 5.53 Å². The van der Waals surface area contributed by atoms with Crippen LogP contribution in [0.5, 0.6) is 0 Å². The molecule has 0 fully saturated rings. The third-order valence-corrected chi connectivity index (χ3v) is 0.678. The van der Waals surface area contributed by atoms with E-state index in [9.17, 15) is 0 Å². The molecule has 4 heteroatoms. The highest BCUT2D eigenvalue weighted by Crippen LogP contribution is 1.75. The Kier molecular flexibility index (Phi) is 3.22. The van der Waals surface area contributed by atoms with Gasteiger partial charge >= 0.3 is 0 Å². The monoisotopic (exact) mass is 102 g/mol. The zero-order valence-electron chi connectivity index (χ0n) is 4.60. The number of hydrogen-bond donors (Lipinski definition) is 2. The van der Waals surface area contributed by atoms with Crippen LogP contribution in [-0.4, -0.2) is 18.7 Å². The maximum absolute atomic E-state index is 6.45. The molecule has 0 aromatic carbocycles. The maximum atomic E-state index is 6.45. The van der Waals surface area contributed by atoms with Crippen molar-refractivity contribution in [1.82, 2.24) is 10.5 Å². The minimum atomic E-state index is 0.722. The van der Waals surface area contributed by atoms with Crippen molar-refractivity contribution in [2.24, 2.45) is 5.22 Å². The van der Waals surface area contributed by atoms with Crippen LogP contribution in [0.25, 0.3) is 0 Å². The summed E-state index contributed by atoms with van der Waals surface area (Å²) in [6.07, 6.45) is 0. The van der Waals surface area contributed by atoms with Gasteiger partial charge in [0.25, 0.3) is 0 Å². The maximum Gasteiger partial charge on any atom is 0.0521 e. The van der Waals surface area contributed by atoms with Crippen LogP contribution < -0.4 is 5.43 Å². The van der Waals surface area contributed by atoms with Crippen LogP contribution in [0.1, 0.15) is 6.92 Å². The van der Waals surface area contributed by atoms with Gasteiger partial charge in [-0.3, -0.25) is 0 Å². The van der Waals surface area contributed by atoms with Gasteiger partial charge in [0.15, 0.2) is 0 Å². The van der Waals surface area contributed by atoms with Crippen molar-refractivity contribution in [3.63, 3.8) is 0 Å². The molecule has 0 unspecified atom stereocenters. The summed E-state index contributed by atoms with van der Waals surface area (Å²) in [6, 6.07) is 0. The van der Waals surface area contributed by atoms with Crippen LogP contribution in [0.15, 0.2) is 5.22 Å². The summed E-state index contributed by atoms with van der Waals surface area (Å²) < 4.78 is 0. The molecule has 0 atom stereocenters. The fourth-order valence-corrected chi connectivity index (χ4v) is 0.279. The van der Waals surface area contributed by atoms with Crippen LogP contribution in [-0.2, 0) is 0 Å². The van der Waals surface area contributed by atoms with Gasteiger partial charge in [-0.15, -0.1) is 0 Å². The van der Waals surface area contributed by atoms with E-state index in [-0.39, 0.29) is 0 Å². The molecule has 0 saturated carbocycles. The zero-order valence-corrected chi connectivity index (χ0v) is 4.60. The molecule has 0 amide bonds. The average Bonchev–Trinajstić information content (AvgIpc) is 1.72. The van der Waals surface area contributed by atoms with Gasteiger partial charge < -0.3 is 0 Å². The number of rotatable bonds is 3. The van der Waals surface area contributed by atoms with Gasteiger partial charge in [0.2, 0.25) is 0 Å². The highest BCUT2D eigenvalue weighted by molar-refractivity contribution is 4.25. The lowest BCUT2D eigenvalue weighted by molar-refractivity contribution is 0.206. The van der Waals surface area contributed by atoms with Crippen molar-refractivity contribution in [1.29, 1.82) is 5.53 Å². The summed E-state index contributed by atoms with van der Waals surface area (Å²) in [5.74, 6) is 0. The lowest BCUT2D eigenvalue weighted by atomic mass is 10.8. The first kappa shape index (κ1) is 6.36. The van der Waals surface area contributed by atoms with E-state index in [1.54, 1.807) is 7.05 Å². The normalized spacial score (nSPS) is 8.29. The lowest BCUT2D eigenvalue weighted by Gasteiger charge is -2.09. The third-order valence-electron chi connectivity index (χ3n) is 0.678. The molecule has 0 spiro atoms. The van der Waals surface area contributed by atoms with Gasteiger partial charge in [-0.1, -0.05) is 5.22 Å². The molecule has 0 aromatic heterocycles. The van der Waals surface area contributed by atoms with E-state index < -0.39 is 0 Å². The Labute approximate surface area is 43.0 Å². The first-order valence-electron chi connectivity index (χ1n) is 2.17. The molecular formula is C3H10N4. The quantitative estimate of drug-likeness (QED) is 0.400. The van der Waals surface area contributed by atoms with Gasteiger partial charge in [0, 0.05) is 7.05 Å². The van der Waals surface area contributed by atoms with Crippen molar-refractivity contribution in [3.8, 4) is 0 Å². The Morgan fingerprint density at radius 2 is 2.43 bits per heavy atom. The lowest BCUT2D eigenvalue weighted by Crippen LogP contribution is -2.28. The van der Waals surface area contributed by atoms with Crippen molar-refractivity contribution in [3.05, 3.63) is 0 Å². The number of hydrogen-bond acceptors (Lipinski definition) is 3. The molecule has 7 heavy (non-hydrogen) atoms. The fraction of sp³-hybridized carbons (Fsp3) is 1.00. The van der Waals surface area contributed by atoms with Crippen LogP contribution in [0, 0.1) is 5.53 Å². The van der Waals surface area contributed by atoms with Gasteiger partial charge in [0.1, 0.15) is 0 Å². The van der Waals surface area contributed by atoms with Crippen LogP contribution in [0.3, 0.4) is 0 Å². The minimum absolute atomic E-state index is 0.722. The second-order valence-electron chi connectivity index (χ2n) is 1.04. The number of nitrogens with zero attached hydrogens (tertiary/aromatic N) is 2. The standard InChI is InChI=1S/C3H10N4/c1-3-7(5-2)6-4/h4-5H,3H2,1-2H3. The molecular weight excluding hydrogens is 92.1 g/mol. The van der Waals surface area contributed by atoms with E-state index in [1.807, 2.05) is 6.92 Å². The van der Waals surface area contributed by atoms with E-state index in [1.165, 1.54) is 5.12 Å². The Morgan fingerprint density at radius 1 is 1.86 bits per heavy atom. The highest BCUT2D eigenvalue weighted by Gasteiger charge is 1.85. The van der Waals surface area contributed by atoms with E-state index in [0.717, 1.165) is 6.54 Å². The van der Waals surface area contributed by atoms with Gasteiger partial charge in [-0.25, -0.2) is 10.5 Å². The Morgan fingerprint density at radius 3 is 2.43 bits per heavy atom. The SMILES string of the molecule is CCN(N=N)NC. The molecule has 0 aliphatic heterocycles. The van der Waals surface area contributed by atoms with Crippen molar-refractivity contribution >= 4 is 0 Å². The fourth-order valence-electron chi connectivity index (χ4n) is 0.279. The molecule has 0 heterocycles. The molecule has 2 N–H and O–H groups in total. The summed E-state index contributed by atoms with van der Waals surface area (Å²) in [4.78, 5) is 0. The molecule has 0 aliphatic carbocycles. The molecule has 0 rings (SSSR count). The Bertz CT molecular complexity index is 48.9. The van der Waals surface area contributed by atoms with Crippen molar-refractivity contribution in [2.45, 2.75) is 6.92 Å². The summed E-state index contributed by atoms with van der Waals surface area (Å²) in [7, 11) is 1.72. The molecule has 0 aliphatic rings. The first-order valence-corrected chi connectivity index (χ1v) is 2.17. The van der Waals surface area contributed by atoms with Crippen LogP contribution in [0.4, 0.5) is 0 Å². The molecule has 0 aromatic rings. The summed E-state index contributed by atoms with van der Waals surface area (Å²) >= 11 is 0. The predicted octanol–water partition coefficient (Wildman–Crippen LogP) is 0.389. The number of hydrazine groups is 1. The number of nitrogens with one attached hydrogen (secondary N) is 2. The Balaban J connectivity index is 3.16. The molecule has 0 saturated heterocycles. The average molecular weight is 102 g/mol. The van der Waals surface area contributed by atoms with Gasteiger partial charge in [-0.05, 0) is 6.92 Å². The van der Waals surface area contributed by atoms with Crippen molar-refractivity contribution in [2.75, 3.05) is 13.6 Å². The van der Waals surface area contributed by atoms with E-state index in [4.69, 9.17) is 5.53 Å². The summed E-state index contributed by atoms with van der Waals surface area (Å²) in [5.41, 5.74) is 9.13. The van der Waals surface area contributed by atoms with Gasteiger partial charge in [0.05, 0.1) is 6.54 Å². The smallest absolute Gasteiger partial charge is 0.0521 e. The molecule has 42 valence electrons. The topological polar surface area (TPSA) is 51.5 Å². The predicted molar refractivity (Wildman–Crippen MR) is 26.6 cm³/mol. The molecule has 4 nitrogen and oxygen atoms in total. The second-order valence-corrected chi connectivity index (χ2v) is 1.04. The first-order chi connectivity index (χ1) is 3.35. The van der Waals surface area contributed by atoms with E-state index in [0.29, 0.717) is 0 Å². The van der Waals surface area contributed by atoms with Crippen LogP contribution >= 0.6 is 0 Å². The van der Waals surface area contributed by atoms with E-state index in [2.05, 4.69) is 10.6 Å². The molecule has 0 radical (unpaired) electrons. The van der Waals surface area contributed by atoms with E-state index >= 15 is 0 Å². The van der Waals surface area contributed by atoms with Crippen molar-refractivity contribution < 1.29 is 0 Å². The summed E-state index contributed by atoms with van der Waals surface area (Å²) in [5, 5.41) is 4.51. The Hall–Kier alpha value is -0.640. The zero-order chi connectivity index (χ0) is 5.70.